The summed E-state index contributed by atoms with van der Waals surface area (Å²) < 4.78 is 0. The predicted molar refractivity (Wildman–Crippen MR) is 70.1 cm³/mol. The molecule has 1 unspecified atom stereocenters. The third-order valence-corrected chi connectivity index (χ3v) is 2.55. The molecule has 2 heteroatoms. The zero-order valence-corrected chi connectivity index (χ0v) is 10.3. The van der Waals surface area contributed by atoms with Gasteiger partial charge in [0, 0.05) is 11.3 Å². The fraction of sp³-hybridized carbons (Fsp3) is 0.357. The summed E-state index contributed by atoms with van der Waals surface area (Å²) in [4.78, 5) is 0. The van der Waals surface area contributed by atoms with E-state index in [9.17, 15) is 0 Å². The van der Waals surface area contributed by atoms with Gasteiger partial charge in [0.2, 0.25) is 0 Å². The molecule has 1 aromatic rings. The minimum Gasteiger partial charge on any atom is -0.282 e. The van der Waals surface area contributed by atoms with Gasteiger partial charge in [-0.25, -0.2) is 0 Å². The Balaban J connectivity index is 2.89. The smallest absolute Gasteiger partial charge is 0.0923 e. The van der Waals surface area contributed by atoms with Crippen molar-refractivity contribution < 1.29 is 0 Å². The van der Waals surface area contributed by atoms with Gasteiger partial charge in [-0.05, 0) is 18.9 Å². The number of nitrogens with zero attached hydrogens (tertiary/aromatic N) is 1. The number of rotatable bonds is 5. The molecule has 0 aromatic carbocycles. The molecule has 1 atom stereocenters. The second-order valence-corrected chi connectivity index (χ2v) is 4.04. The Morgan fingerprint density at radius 3 is 2.88 bits per heavy atom. The van der Waals surface area contributed by atoms with Crippen LogP contribution >= 0.6 is 0 Å². The van der Waals surface area contributed by atoms with Crippen LogP contribution in [0, 0.1) is 12.8 Å². The first-order chi connectivity index (χ1) is 7.67. The van der Waals surface area contributed by atoms with E-state index in [1.165, 1.54) is 0 Å². The summed E-state index contributed by atoms with van der Waals surface area (Å²) in [6.07, 6.45) is 9.25. The minimum atomic E-state index is 0.591. The molecule has 16 heavy (non-hydrogen) atoms. The summed E-state index contributed by atoms with van der Waals surface area (Å²) in [5, 5.41) is 7.20. The summed E-state index contributed by atoms with van der Waals surface area (Å²) in [6, 6.07) is 2.04. The van der Waals surface area contributed by atoms with Gasteiger partial charge >= 0.3 is 0 Å². The zero-order chi connectivity index (χ0) is 12.0. The highest BCUT2D eigenvalue weighted by Crippen LogP contribution is 2.16. The molecule has 1 aromatic heterocycles. The first-order valence-electron chi connectivity index (χ1n) is 5.70. The maximum atomic E-state index is 4.25. The first kappa shape index (κ1) is 12.5. The van der Waals surface area contributed by atoms with E-state index in [0.717, 1.165) is 23.4 Å². The van der Waals surface area contributed by atoms with Crippen LogP contribution in [0.15, 0.2) is 36.9 Å². The molecular weight excluding hydrogens is 196 g/mol. The Labute approximate surface area is 97.8 Å². The van der Waals surface area contributed by atoms with Crippen molar-refractivity contribution in [2.45, 2.75) is 27.2 Å². The van der Waals surface area contributed by atoms with E-state index in [-0.39, 0.29) is 0 Å². The molecule has 0 radical (unpaired) electrons. The normalized spacial score (nSPS) is 14.3. The van der Waals surface area contributed by atoms with Gasteiger partial charge in [0.05, 0.1) is 5.69 Å². The molecular formula is C14H20N2. The van der Waals surface area contributed by atoms with E-state index in [1.807, 2.05) is 19.1 Å². The molecule has 0 aliphatic carbocycles. The van der Waals surface area contributed by atoms with Crippen LogP contribution < -0.4 is 0 Å². The number of hydrogen-bond donors (Lipinski definition) is 1. The Hall–Kier alpha value is -1.57. The zero-order valence-electron chi connectivity index (χ0n) is 10.3. The molecule has 1 heterocycles. The topological polar surface area (TPSA) is 28.7 Å². The Bertz CT molecular complexity index is 397. The van der Waals surface area contributed by atoms with Gasteiger partial charge in [-0.1, -0.05) is 51.2 Å². The lowest BCUT2D eigenvalue weighted by atomic mass is 10.1. The van der Waals surface area contributed by atoms with Crippen molar-refractivity contribution in [3.05, 3.63) is 48.3 Å². The molecule has 0 aliphatic heterocycles. The van der Waals surface area contributed by atoms with Crippen molar-refractivity contribution in [1.82, 2.24) is 10.2 Å². The summed E-state index contributed by atoms with van der Waals surface area (Å²) in [7, 11) is 0. The fourth-order valence-corrected chi connectivity index (χ4v) is 1.32. The van der Waals surface area contributed by atoms with Crippen LogP contribution in [0.4, 0.5) is 0 Å². The monoisotopic (exact) mass is 216 g/mol. The van der Waals surface area contributed by atoms with Gasteiger partial charge < -0.3 is 0 Å². The highest BCUT2D eigenvalue weighted by atomic mass is 15.1. The van der Waals surface area contributed by atoms with E-state index in [2.05, 4.69) is 42.8 Å². The Morgan fingerprint density at radius 2 is 2.38 bits per heavy atom. The maximum absolute atomic E-state index is 4.25. The lowest BCUT2D eigenvalue weighted by molar-refractivity contribution is 0.698. The van der Waals surface area contributed by atoms with Crippen LogP contribution in [0.3, 0.4) is 0 Å². The summed E-state index contributed by atoms with van der Waals surface area (Å²) >= 11 is 0. The van der Waals surface area contributed by atoms with Crippen LogP contribution in [-0.4, -0.2) is 10.2 Å². The predicted octanol–water partition coefficient (Wildman–Crippen LogP) is 3.89. The van der Waals surface area contributed by atoms with Gasteiger partial charge in [-0.2, -0.15) is 5.10 Å². The standard InChI is InChI=1S/C14H20N2/c1-5-7-13(9-8-11(3)6-2)14-10-12(4)15-16-14/h5,7-11H,1,6H2,2-4H3,(H,15,16)/b9-8-,13-7+. The number of allylic oxidation sites excluding steroid dienone is 5. The Kier molecular flexibility index (Phi) is 4.77. The highest BCUT2D eigenvalue weighted by molar-refractivity contribution is 5.72. The third-order valence-electron chi connectivity index (χ3n) is 2.55. The molecule has 2 nitrogen and oxygen atoms in total. The summed E-state index contributed by atoms with van der Waals surface area (Å²) in [5.74, 6) is 0.591. The average Bonchev–Trinajstić information content (AvgIpc) is 2.70. The van der Waals surface area contributed by atoms with Crippen molar-refractivity contribution in [3.8, 4) is 0 Å². The molecule has 0 aliphatic rings. The highest BCUT2D eigenvalue weighted by Gasteiger charge is 2.01. The lowest BCUT2D eigenvalue weighted by Gasteiger charge is -2.01. The van der Waals surface area contributed by atoms with Crippen molar-refractivity contribution in [1.29, 1.82) is 0 Å². The van der Waals surface area contributed by atoms with Crippen molar-refractivity contribution >= 4 is 5.57 Å². The number of hydrogen-bond acceptors (Lipinski definition) is 1. The molecule has 0 saturated carbocycles. The quantitative estimate of drug-likeness (QED) is 0.743. The average molecular weight is 216 g/mol. The van der Waals surface area contributed by atoms with Gasteiger partial charge in [-0.3, -0.25) is 5.10 Å². The number of nitrogens with one attached hydrogen (secondary N) is 1. The first-order valence-corrected chi connectivity index (χ1v) is 5.70. The van der Waals surface area contributed by atoms with Gasteiger partial charge in [-0.15, -0.1) is 0 Å². The maximum Gasteiger partial charge on any atom is 0.0923 e. The van der Waals surface area contributed by atoms with E-state index < -0.39 is 0 Å². The molecule has 0 spiro atoms. The second kappa shape index (κ2) is 6.11. The number of aromatic nitrogens is 2. The van der Waals surface area contributed by atoms with Crippen LogP contribution in [0.25, 0.3) is 5.57 Å². The Morgan fingerprint density at radius 1 is 1.62 bits per heavy atom. The summed E-state index contributed by atoms with van der Waals surface area (Å²) in [6.45, 7) is 10.1. The van der Waals surface area contributed by atoms with Crippen molar-refractivity contribution in [2.75, 3.05) is 0 Å². The van der Waals surface area contributed by atoms with Crippen LogP contribution in [0.5, 0.6) is 0 Å². The van der Waals surface area contributed by atoms with E-state index in [4.69, 9.17) is 0 Å². The van der Waals surface area contributed by atoms with Gasteiger partial charge in [0.1, 0.15) is 0 Å². The molecule has 1 N–H and O–H groups in total. The molecule has 0 fully saturated rings. The number of H-pyrrole nitrogens is 1. The van der Waals surface area contributed by atoms with Crippen molar-refractivity contribution in [2.24, 2.45) is 5.92 Å². The second-order valence-electron chi connectivity index (χ2n) is 4.04. The SMILES string of the molecule is C=C/C=C(\C=C/C(C)CC)c1cc(C)[nH]n1. The minimum absolute atomic E-state index is 0.591. The van der Waals surface area contributed by atoms with E-state index in [1.54, 1.807) is 6.08 Å². The van der Waals surface area contributed by atoms with E-state index in [0.29, 0.717) is 5.92 Å². The van der Waals surface area contributed by atoms with Crippen LogP contribution in [0.2, 0.25) is 0 Å². The molecule has 0 amide bonds. The largest absolute Gasteiger partial charge is 0.282 e. The number of aromatic amines is 1. The van der Waals surface area contributed by atoms with Gasteiger partial charge in [0.15, 0.2) is 0 Å². The molecule has 0 bridgehead atoms. The summed E-state index contributed by atoms with van der Waals surface area (Å²) in [5.41, 5.74) is 3.14. The number of aryl methyl sites for hydroxylation is 1. The van der Waals surface area contributed by atoms with Crippen LogP contribution in [-0.2, 0) is 0 Å². The third kappa shape index (κ3) is 3.54. The fourth-order valence-electron chi connectivity index (χ4n) is 1.32. The molecule has 0 saturated heterocycles. The van der Waals surface area contributed by atoms with Crippen molar-refractivity contribution in [3.63, 3.8) is 0 Å². The van der Waals surface area contributed by atoms with E-state index >= 15 is 0 Å². The van der Waals surface area contributed by atoms with Gasteiger partial charge in [0.25, 0.3) is 0 Å². The van der Waals surface area contributed by atoms with Crippen LogP contribution in [0.1, 0.15) is 31.7 Å². The molecule has 86 valence electrons. The lowest BCUT2D eigenvalue weighted by Crippen LogP contribution is -1.86. The molecule has 1 rings (SSSR count).